The van der Waals surface area contributed by atoms with E-state index in [9.17, 15) is 9.18 Å². The first-order chi connectivity index (χ1) is 20.1. The molecule has 0 spiro atoms. The van der Waals surface area contributed by atoms with E-state index in [1.165, 1.54) is 12.1 Å². The number of benzene rings is 2. The summed E-state index contributed by atoms with van der Waals surface area (Å²) in [5.74, 6) is -0.414. The molecule has 7 rings (SSSR count). The molecule has 5 heterocycles. The van der Waals surface area contributed by atoms with Gasteiger partial charge in [-0.1, -0.05) is 30.3 Å². The molecule has 0 saturated heterocycles. The predicted molar refractivity (Wildman–Crippen MR) is 156 cm³/mol. The second-order valence-corrected chi connectivity index (χ2v) is 9.67. The Morgan fingerprint density at radius 1 is 0.805 bits per heavy atom. The summed E-state index contributed by atoms with van der Waals surface area (Å²) >= 11 is 0. The molecule has 0 saturated carbocycles. The molecule has 0 aliphatic carbocycles. The third-order valence-electron chi connectivity index (χ3n) is 6.89. The maximum absolute atomic E-state index is 13.5. The van der Waals surface area contributed by atoms with E-state index in [4.69, 9.17) is 0 Å². The second kappa shape index (κ2) is 10.1. The molecular weight excluding hydrogens is 517 g/mol. The number of hydrogen-bond donors (Lipinski definition) is 3. The van der Waals surface area contributed by atoms with Crippen LogP contribution in [0.3, 0.4) is 0 Å². The Kier molecular flexibility index (Phi) is 6.01. The summed E-state index contributed by atoms with van der Waals surface area (Å²) in [6, 6.07) is 23.6. The van der Waals surface area contributed by atoms with Crippen LogP contribution in [0.15, 0.2) is 104 Å². The maximum atomic E-state index is 13.5. The zero-order chi connectivity index (χ0) is 27.8. The summed E-state index contributed by atoms with van der Waals surface area (Å²) in [5, 5.41) is 12.3. The van der Waals surface area contributed by atoms with Gasteiger partial charge in [0, 0.05) is 39.8 Å². The Morgan fingerprint density at radius 3 is 2.49 bits per heavy atom. The number of amides is 1. The third kappa shape index (κ3) is 4.80. The first-order valence-corrected chi connectivity index (χ1v) is 13.0. The van der Waals surface area contributed by atoms with Crippen molar-refractivity contribution in [3.8, 4) is 33.9 Å². The molecule has 7 aromatic rings. The average Bonchev–Trinajstić information content (AvgIpc) is 3.62. The van der Waals surface area contributed by atoms with Gasteiger partial charge < -0.3 is 10.3 Å². The monoisotopic (exact) mass is 539 g/mol. The van der Waals surface area contributed by atoms with Gasteiger partial charge in [0.1, 0.15) is 11.5 Å². The number of nitrogens with zero attached hydrogens (tertiary/aromatic N) is 4. The number of carbonyl (C=O) groups excluding carboxylic acids is 1. The summed E-state index contributed by atoms with van der Waals surface area (Å²) in [6.07, 6.45) is 7.06. The highest BCUT2D eigenvalue weighted by molar-refractivity contribution is 6.00. The van der Waals surface area contributed by atoms with Crippen molar-refractivity contribution in [2.24, 2.45) is 0 Å². The quantitative estimate of drug-likeness (QED) is 0.222. The van der Waals surface area contributed by atoms with Gasteiger partial charge in [0.2, 0.25) is 5.91 Å². The zero-order valence-corrected chi connectivity index (χ0v) is 21.6. The number of anilines is 1. The molecule has 0 bridgehead atoms. The lowest BCUT2D eigenvalue weighted by Crippen LogP contribution is -2.14. The van der Waals surface area contributed by atoms with Crippen LogP contribution in [0.5, 0.6) is 0 Å². The van der Waals surface area contributed by atoms with Gasteiger partial charge in [0.05, 0.1) is 47.1 Å². The fourth-order valence-electron chi connectivity index (χ4n) is 4.93. The topological polar surface area (TPSA) is 112 Å². The second-order valence-electron chi connectivity index (χ2n) is 9.67. The predicted octanol–water partition coefficient (Wildman–Crippen LogP) is 6.55. The van der Waals surface area contributed by atoms with Crippen LogP contribution in [0.2, 0.25) is 0 Å². The average molecular weight is 540 g/mol. The van der Waals surface area contributed by atoms with Gasteiger partial charge in [-0.15, -0.1) is 0 Å². The molecule has 0 radical (unpaired) electrons. The fraction of sp³-hybridized carbons (Fsp3) is 0.0312. The van der Waals surface area contributed by atoms with E-state index < -0.39 is 0 Å². The number of pyridine rings is 3. The number of H-pyrrole nitrogens is 2. The molecule has 9 heteroatoms. The van der Waals surface area contributed by atoms with E-state index in [-0.39, 0.29) is 18.1 Å². The molecule has 0 aliphatic heterocycles. The van der Waals surface area contributed by atoms with Crippen LogP contribution in [-0.4, -0.2) is 36.0 Å². The minimum absolute atomic E-state index is 0.121. The Labute approximate surface area is 233 Å². The van der Waals surface area contributed by atoms with Gasteiger partial charge in [0.15, 0.2) is 0 Å². The lowest BCUT2D eigenvalue weighted by molar-refractivity contribution is -0.115. The molecule has 0 atom stereocenters. The van der Waals surface area contributed by atoms with Crippen molar-refractivity contribution in [3.05, 3.63) is 115 Å². The number of hydrogen-bond acceptors (Lipinski definition) is 5. The van der Waals surface area contributed by atoms with Crippen molar-refractivity contribution in [1.29, 1.82) is 0 Å². The van der Waals surface area contributed by atoms with Crippen molar-refractivity contribution in [3.63, 3.8) is 0 Å². The molecule has 1 amide bonds. The van der Waals surface area contributed by atoms with Crippen molar-refractivity contribution in [2.45, 2.75) is 6.42 Å². The first-order valence-electron chi connectivity index (χ1n) is 13.0. The van der Waals surface area contributed by atoms with Crippen LogP contribution in [-0.2, 0) is 11.2 Å². The lowest BCUT2D eigenvalue weighted by Gasteiger charge is -2.07. The SMILES string of the molecule is O=C(Cc1ccccc1)Nc1cncc(-c2cc3c(-c4cc5c(-c6ccc(F)cc6)nccc5[nH]4)n[nH]c3cn2)c1. The number of aromatic nitrogens is 6. The smallest absolute Gasteiger partial charge is 0.228 e. The van der Waals surface area contributed by atoms with Crippen molar-refractivity contribution in [2.75, 3.05) is 5.32 Å². The summed E-state index contributed by atoms with van der Waals surface area (Å²) in [4.78, 5) is 29.5. The van der Waals surface area contributed by atoms with E-state index in [1.807, 2.05) is 54.6 Å². The first kappa shape index (κ1) is 24.3. The van der Waals surface area contributed by atoms with Gasteiger partial charge in [-0.3, -0.25) is 24.8 Å². The molecule has 41 heavy (non-hydrogen) atoms. The number of halogens is 1. The summed E-state index contributed by atoms with van der Waals surface area (Å²) in [5.41, 5.74) is 7.76. The normalized spacial score (nSPS) is 11.2. The van der Waals surface area contributed by atoms with E-state index in [0.29, 0.717) is 11.4 Å². The molecule has 2 aromatic carbocycles. The summed E-state index contributed by atoms with van der Waals surface area (Å²) in [6.45, 7) is 0. The highest BCUT2D eigenvalue weighted by atomic mass is 19.1. The molecule has 8 nitrogen and oxygen atoms in total. The minimum atomic E-state index is -0.293. The van der Waals surface area contributed by atoms with Gasteiger partial charge in [-0.2, -0.15) is 5.10 Å². The highest BCUT2D eigenvalue weighted by Crippen LogP contribution is 2.34. The number of rotatable bonds is 6. The molecule has 0 fully saturated rings. The Hall–Kier alpha value is -5.70. The van der Waals surface area contributed by atoms with E-state index >= 15 is 0 Å². The van der Waals surface area contributed by atoms with Gasteiger partial charge in [-0.25, -0.2) is 4.39 Å². The molecule has 198 valence electrons. The fourth-order valence-corrected chi connectivity index (χ4v) is 4.93. The van der Waals surface area contributed by atoms with Gasteiger partial charge in [0.25, 0.3) is 0 Å². The minimum Gasteiger partial charge on any atom is -0.353 e. The van der Waals surface area contributed by atoms with Crippen LogP contribution in [0, 0.1) is 5.82 Å². The van der Waals surface area contributed by atoms with Crippen molar-refractivity contribution < 1.29 is 9.18 Å². The van der Waals surface area contributed by atoms with Crippen LogP contribution in [0.4, 0.5) is 10.1 Å². The molecular formula is C32H22FN7O. The maximum Gasteiger partial charge on any atom is 0.228 e. The van der Waals surface area contributed by atoms with Crippen molar-refractivity contribution in [1.82, 2.24) is 30.1 Å². The summed E-state index contributed by atoms with van der Waals surface area (Å²) < 4.78 is 13.5. The Balaban J connectivity index is 1.21. The number of aromatic amines is 2. The Morgan fingerprint density at radius 2 is 1.63 bits per heavy atom. The Bertz CT molecular complexity index is 2030. The molecule has 0 unspecified atom stereocenters. The number of fused-ring (bicyclic) bond motifs is 2. The third-order valence-corrected chi connectivity index (χ3v) is 6.89. The largest absolute Gasteiger partial charge is 0.353 e. The molecule has 0 aliphatic rings. The zero-order valence-electron chi connectivity index (χ0n) is 21.6. The van der Waals surface area contributed by atoms with Gasteiger partial charge in [-0.05, 0) is 54.1 Å². The number of carbonyl (C=O) groups is 1. The van der Waals surface area contributed by atoms with Crippen LogP contribution >= 0.6 is 0 Å². The van der Waals surface area contributed by atoms with Crippen molar-refractivity contribution >= 4 is 33.4 Å². The van der Waals surface area contributed by atoms with Crippen LogP contribution < -0.4 is 5.32 Å². The van der Waals surface area contributed by atoms with Crippen LogP contribution in [0.25, 0.3) is 55.7 Å². The van der Waals surface area contributed by atoms with E-state index in [2.05, 4.69) is 35.5 Å². The van der Waals surface area contributed by atoms with E-state index in [0.717, 1.165) is 55.6 Å². The number of nitrogens with one attached hydrogen (secondary N) is 3. The molecule has 3 N–H and O–H groups in total. The van der Waals surface area contributed by atoms with Crippen LogP contribution in [0.1, 0.15) is 5.56 Å². The van der Waals surface area contributed by atoms with E-state index in [1.54, 1.807) is 36.9 Å². The standard InChI is InChI=1S/C32H22FN7O/c33-22-8-6-20(7-9-22)31-24-15-28(38-26(24)10-11-35-31)32-25-14-27(36-18-29(25)39-40-32)21-13-23(17-34-16-21)37-30(41)12-19-4-2-1-3-5-19/h1-11,13-18,38H,12H2,(H,37,41)(H,39,40). The molecule has 5 aromatic heterocycles. The van der Waals surface area contributed by atoms with Gasteiger partial charge >= 0.3 is 0 Å². The summed E-state index contributed by atoms with van der Waals surface area (Å²) in [7, 11) is 0. The highest BCUT2D eigenvalue weighted by Gasteiger charge is 2.16. The lowest BCUT2D eigenvalue weighted by atomic mass is 10.1.